The third-order valence-corrected chi connectivity index (χ3v) is 6.92. The predicted octanol–water partition coefficient (Wildman–Crippen LogP) is 0.820. The molecule has 0 saturated carbocycles. The van der Waals surface area contributed by atoms with Crippen LogP contribution >= 0.6 is 0 Å². The predicted molar refractivity (Wildman–Crippen MR) is 93.7 cm³/mol. The van der Waals surface area contributed by atoms with Crippen LogP contribution in [0.1, 0.15) is 26.7 Å². The van der Waals surface area contributed by atoms with Crippen molar-refractivity contribution in [2.45, 2.75) is 43.3 Å². The van der Waals surface area contributed by atoms with Gasteiger partial charge in [0.1, 0.15) is 0 Å². The van der Waals surface area contributed by atoms with Crippen LogP contribution in [0.25, 0.3) is 0 Å². The molecule has 0 aromatic heterocycles. The van der Waals surface area contributed by atoms with E-state index < -0.39 is 20.6 Å². The lowest BCUT2D eigenvalue weighted by Gasteiger charge is -2.39. The molecule has 2 aliphatic rings. The number of hydrogen-bond acceptors (Lipinski definition) is 6. The Morgan fingerprint density at radius 1 is 1.23 bits per heavy atom. The van der Waals surface area contributed by atoms with Gasteiger partial charge in [-0.15, -0.1) is 0 Å². The van der Waals surface area contributed by atoms with Gasteiger partial charge in [0.15, 0.2) is 0 Å². The van der Waals surface area contributed by atoms with Crippen molar-refractivity contribution in [2.24, 2.45) is 5.92 Å². The summed E-state index contributed by atoms with van der Waals surface area (Å²) in [7, 11) is -3.72. The van der Waals surface area contributed by atoms with Crippen LogP contribution in [0.15, 0.2) is 29.2 Å². The van der Waals surface area contributed by atoms with Crippen molar-refractivity contribution >= 4 is 21.6 Å². The van der Waals surface area contributed by atoms with Gasteiger partial charge in [0.05, 0.1) is 21.5 Å². The van der Waals surface area contributed by atoms with Gasteiger partial charge in [-0.05, 0) is 30.9 Å². The topological polar surface area (TPSA) is 122 Å². The number of carbonyl (C=O) groups is 1. The van der Waals surface area contributed by atoms with Gasteiger partial charge in [0.25, 0.3) is 5.69 Å². The number of carbonyl (C=O) groups excluding carboxylic acids is 1. The Kier molecular flexibility index (Phi) is 4.76. The van der Waals surface area contributed by atoms with Crippen molar-refractivity contribution in [3.8, 4) is 0 Å². The number of nitro benzene ring substituents is 1. The fourth-order valence-corrected chi connectivity index (χ4v) is 4.89. The summed E-state index contributed by atoms with van der Waals surface area (Å²) in [5.41, 5.74) is -0.716. The van der Waals surface area contributed by atoms with E-state index in [1.807, 2.05) is 13.8 Å². The normalized spacial score (nSPS) is 23.3. The number of rotatable bonds is 4. The molecule has 2 fully saturated rings. The van der Waals surface area contributed by atoms with E-state index in [0.29, 0.717) is 12.8 Å². The van der Waals surface area contributed by atoms with Crippen LogP contribution in [0.4, 0.5) is 5.69 Å². The Labute approximate surface area is 152 Å². The summed E-state index contributed by atoms with van der Waals surface area (Å²) < 4.78 is 26.9. The molecule has 9 nitrogen and oxygen atoms in total. The molecule has 0 bridgehead atoms. The van der Waals surface area contributed by atoms with Gasteiger partial charge in [0, 0.05) is 25.2 Å². The lowest BCUT2D eigenvalue weighted by Crippen LogP contribution is -2.58. The average molecular weight is 382 g/mol. The first-order valence-electron chi connectivity index (χ1n) is 8.49. The first-order valence-corrected chi connectivity index (χ1v) is 9.93. The molecule has 1 atom stereocenters. The van der Waals surface area contributed by atoms with E-state index >= 15 is 0 Å². The van der Waals surface area contributed by atoms with Gasteiger partial charge < -0.3 is 5.32 Å². The Bertz CT molecular complexity index is 814. The van der Waals surface area contributed by atoms with E-state index in [1.54, 1.807) is 0 Å². The van der Waals surface area contributed by atoms with Crippen molar-refractivity contribution in [3.05, 3.63) is 34.4 Å². The molecule has 2 heterocycles. The second-order valence-corrected chi connectivity index (χ2v) is 9.03. The van der Waals surface area contributed by atoms with E-state index in [0.717, 1.165) is 0 Å². The summed E-state index contributed by atoms with van der Waals surface area (Å²) in [4.78, 5) is 22.3. The molecule has 142 valence electrons. The molecule has 0 radical (unpaired) electrons. The zero-order chi connectivity index (χ0) is 19.1. The number of nitrogens with one attached hydrogen (secondary N) is 2. The molecule has 1 aromatic rings. The fourth-order valence-electron chi connectivity index (χ4n) is 3.45. The highest BCUT2D eigenvalue weighted by molar-refractivity contribution is 7.89. The number of sulfonamides is 1. The van der Waals surface area contributed by atoms with Gasteiger partial charge in [-0.1, -0.05) is 13.8 Å². The van der Waals surface area contributed by atoms with E-state index in [-0.39, 0.29) is 41.5 Å². The third-order valence-electron chi connectivity index (χ3n) is 5.00. The molecule has 0 aliphatic carbocycles. The number of nitro groups is 1. The maximum absolute atomic E-state index is 12.8. The van der Waals surface area contributed by atoms with Gasteiger partial charge in [-0.2, -0.15) is 4.31 Å². The number of amides is 1. The largest absolute Gasteiger partial charge is 0.337 e. The number of hydrogen-bond donors (Lipinski definition) is 2. The highest BCUT2D eigenvalue weighted by Gasteiger charge is 2.47. The van der Waals surface area contributed by atoms with Crippen LogP contribution in [0.2, 0.25) is 0 Å². The van der Waals surface area contributed by atoms with Crippen molar-refractivity contribution in [3.63, 3.8) is 0 Å². The van der Waals surface area contributed by atoms with Crippen LogP contribution < -0.4 is 10.6 Å². The molecule has 1 unspecified atom stereocenters. The van der Waals surface area contributed by atoms with Crippen molar-refractivity contribution in [2.75, 3.05) is 13.1 Å². The molecule has 2 aliphatic heterocycles. The smallest absolute Gasteiger partial charge is 0.269 e. The van der Waals surface area contributed by atoms with Crippen molar-refractivity contribution in [1.29, 1.82) is 0 Å². The maximum atomic E-state index is 12.8. The number of benzene rings is 1. The standard InChI is InChI=1S/C16H22N4O5S/c1-11(2)14-15(21)18-16(17-14)7-9-19(10-8-16)26(24,25)13-5-3-12(4-6-13)20(22)23/h3-6,11,14,17H,7-10H2,1-2H3,(H,18,21). The second kappa shape index (κ2) is 6.60. The van der Waals surface area contributed by atoms with E-state index in [1.165, 1.54) is 28.6 Å². The van der Waals surface area contributed by atoms with Crippen molar-refractivity contribution in [1.82, 2.24) is 14.9 Å². The molecular weight excluding hydrogens is 360 g/mol. The highest BCUT2D eigenvalue weighted by Crippen LogP contribution is 2.29. The highest BCUT2D eigenvalue weighted by atomic mass is 32.2. The van der Waals surface area contributed by atoms with Gasteiger partial charge >= 0.3 is 0 Å². The van der Waals surface area contributed by atoms with Crippen LogP contribution in [-0.4, -0.2) is 48.3 Å². The SMILES string of the molecule is CC(C)C1NC2(CCN(S(=O)(=O)c3ccc([N+](=O)[O-])cc3)CC2)NC1=O. The van der Waals surface area contributed by atoms with E-state index in [9.17, 15) is 23.3 Å². The Balaban J connectivity index is 1.71. The van der Waals surface area contributed by atoms with Gasteiger partial charge in [-0.3, -0.25) is 20.2 Å². The minimum Gasteiger partial charge on any atom is -0.337 e. The molecule has 1 amide bonds. The molecular formula is C16H22N4O5S. The van der Waals surface area contributed by atoms with Crippen LogP contribution in [-0.2, 0) is 14.8 Å². The molecule has 2 N–H and O–H groups in total. The molecule has 10 heteroatoms. The quantitative estimate of drug-likeness (QED) is 0.587. The molecule has 2 saturated heterocycles. The number of piperidine rings is 1. The Hall–Kier alpha value is -2.04. The Morgan fingerprint density at radius 2 is 1.81 bits per heavy atom. The van der Waals surface area contributed by atoms with Crippen LogP contribution in [0.5, 0.6) is 0 Å². The summed E-state index contributed by atoms with van der Waals surface area (Å²) in [6, 6.07) is 4.60. The third kappa shape index (κ3) is 3.31. The molecule has 26 heavy (non-hydrogen) atoms. The zero-order valence-electron chi connectivity index (χ0n) is 14.6. The summed E-state index contributed by atoms with van der Waals surface area (Å²) in [5, 5.41) is 17.0. The first-order chi connectivity index (χ1) is 12.1. The van der Waals surface area contributed by atoms with Crippen LogP contribution in [0, 0.1) is 16.0 Å². The average Bonchev–Trinajstić information content (AvgIpc) is 2.91. The van der Waals surface area contributed by atoms with E-state index in [4.69, 9.17) is 0 Å². The molecule has 1 spiro atoms. The lowest BCUT2D eigenvalue weighted by molar-refractivity contribution is -0.384. The van der Waals surface area contributed by atoms with Gasteiger partial charge in [-0.25, -0.2) is 8.42 Å². The summed E-state index contributed by atoms with van der Waals surface area (Å²) in [5.74, 6) is 0.0999. The Morgan fingerprint density at radius 3 is 2.27 bits per heavy atom. The number of nitrogens with zero attached hydrogens (tertiary/aromatic N) is 2. The molecule has 3 rings (SSSR count). The monoisotopic (exact) mass is 382 g/mol. The molecule has 1 aromatic carbocycles. The fraction of sp³-hybridized carbons (Fsp3) is 0.562. The van der Waals surface area contributed by atoms with E-state index in [2.05, 4.69) is 10.6 Å². The minimum absolute atomic E-state index is 0.0301. The number of non-ortho nitro benzene ring substituents is 1. The lowest BCUT2D eigenvalue weighted by atomic mass is 9.98. The van der Waals surface area contributed by atoms with Gasteiger partial charge in [0.2, 0.25) is 15.9 Å². The zero-order valence-corrected chi connectivity index (χ0v) is 15.5. The summed E-state index contributed by atoms with van der Waals surface area (Å²) in [6.45, 7) is 4.45. The first kappa shape index (κ1) is 18.7. The minimum atomic E-state index is -3.72. The summed E-state index contributed by atoms with van der Waals surface area (Å²) in [6.07, 6.45) is 0.933. The maximum Gasteiger partial charge on any atom is 0.269 e. The van der Waals surface area contributed by atoms with Crippen LogP contribution in [0.3, 0.4) is 0 Å². The second-order valence-electron chi connectivity index (χ2n) is 7.09. The van der Waals surface area contributed by atoms with Crippen molar-refractivity contribution < 1.29 is 18.1 Å². The summed E-state index contributed by atoms with van der Waals surface area (Å²) >= 11 is 0.